The Labute approximate surface area is 199 Å². The first-order chi connectivity index (χ1) is 16.2. The van der Waals surface area contributed by atoms with Crippen molar-refractivity contribution in [3.05, 3.63) is 95.8 Å². The Kier molecular flexibility index (Phi) is 8.15. The molecule has 0 nitrogen and oxygen atoms in total. The van der Waals surface area contributed by atoms with Crippen molar-refractivity contribution < 1.29 is 4.39 Å². The lowest BCUT2D eigenvalue weighted by atomic mass is 9.79. The molecule has 1 aliphatic rings. The van der Waals surface area contributed by atoms with E-state index in [-0.39, 0.29) is 5.82 Å². The van der Waals surface area contributed by atoms with Gasteiger partial charge >= 0.3 is 0 Å². The molecule has 3 aromatic rings. The fourth-order valence-corrected chi connectivity index (χ4v) is 5.30. The molecule has 0 N–H and O–H groups in total. The normalized spacial score (nSPS) is 19.1. The topological polar surface area (TPSA) is 0 Å². The third-order valence-electron chi connectivity index (χ3n) is 7.32. The van der Waals surface area contributed by atoms with Crippen LogP contribution in [0.3, 0.4) is 0 Å². The van der Waals surface area contributed by atoms with E-state index in [2.05, 4.69) is 73.7 Å². The molecule has 0 unspecified atom stereocenters. The zero-order valence-electron chi connectivity index (χ0n) is 20.2. The molecule has 0 aromatic heterocycles. The molecule has 3 aromatic carbocycles. The van der Waals surface area contributed by atoms with Gasteiger partial charge in [-0.2, -0.15) is 0 Å². The minimum atomic E-state index is -0.113. The molecule has 0 bridgehead atoms. The Morgan fingerprint density at radius 1 is 0.818 bits per heavy atom. The van der Waals surface area contributed by atoms with Crippen LogP contribution >= 0.6 is 0 Å². The van der Waals surface area contributed by atoms with Crippen molar-refractivity contribution in [3.8, 4) is 11.1 Å². The Morgan fingerprint density at radius 2 is 1.58 bits per heavy atom. The van der Waals surface area contributed by atoms with Crippen LogP contribution in [0.25, 0.3) is 21.9 Å². The van der Waals surface area contributed by atoms with Gasteiger partial charge in [-0.05, 0) is 99.1 Å². The average molecular weight is 441 g/mol. The molecule has 33 heavy (non-hydrogen) atoms. The smallest absolute Gasteiger partial charge is 0.138 e. The lowest BCUT2D eigenvalue weighted by molar-refractivity contribution is 0.296. The van der Waals surface area contributed by atoms with Gasteiger partial charge in [-0.15, -0.1) is 0 Å². The maximum absolute atomic E-state index is 15.4. The van der Waals surface area contributed by atoms with Gasteiger partial charge in [0.05, 0.1) is 0 Å². The van der Waals surface area contributed by atoms with E-state index in [4.69, 9.17) is 0 Å². The molecule has 0 amide bonds. The number of benzene rings is 3. The summed E-state index contributed by atoms with van der Waals surface area (Å²) < 4.78 is 15.4. The van der Waals surface area contributed by atoms with E-state index >= 15 is 4.39 Å². The van der Waals surface area contributed by atoms with Crippen LogP contribution in [0.1, 0.15) is 63.5 Å². The SMILES string of the molecule is C/C=C/CCc1ccc2c(F)c(-c3ccc(CCC4CCC(/C=C/C)CC4)cc3)ccc2c1. The van der Waals surface area contributed by atoms with Crippen LogP contribution in [0.15, 0.2) is 78.9 Å². The molecule has 4 rings (SSSR count). The van der Waals surface area contributed by atoms with E-state index in [9.17, 15) is 0 Å². The quantitative estimate of drug-likeness (QED) is 0.306. The molecule has 1 fully saturated rings. The first kappa shape index (κ1) is 23.5. The van der Waals surface area contributed by atoms with E-state index in [0.717, 1.165) is 42.0 Å². The number of fused-ring (bicyclic) bond motifs is 1. The molecule has 172 valence electrons. The van der Waals surface area contributed by atoms with Crippen LogP contribution in [0.4, 0.5) is 4.39 Å². The average Bonchev–Trinajstić information content (AvgIpc) is 2.85. The van der Waals surface area contributed by atoms with E-state index in [1.165, 1.54) is 43.2 Å². The van der Waals surface area contributed by atoms with Gasteiger partial charge in [0.1, 0.15) is 5.82 Å². The van der Waals surface area contributed by atoms with Crippen LogP contribution in [0, 0.1) is 17.7 Å². The van der Waals surface area contributed by atoms with Crippen molar-refractivity contribution in [1.82, 2.24) is 0 Å². The number of hydrogen-bond acceptors (Lipinski definition) is 0. The second kappa shape index (κ2) is 11.5. The number of aryl methyl sites for hydroxylation is 2. The summed E-state index contributed by atoms with van der Waals surface area (Å²) >= 11 is 0. The van der Waals surface area contributed by atoms with E-state index < -0.39 is 0 Å². The molecule has 0 atom stereocenters. The van der Waals surface area contributed by atoms with Gasteiger partial charge < -0.3 is 0 Å². The second-order valence-electron chi connectivity index (χ2n) is 9.63. The fraction of sp³-hybridized carbons (Fsp3) is 0.375. The van der Waals surface area contributed by atoms with Crippen LogP contribution < -0.4 is 0 Å². The molecule has 0 spiro atoms. The molecular weight excluding hydrogens is 403 g/mol. The lowest BCUT2D eigenvalue weighted by Crippen LogP contribution is -2.13. The summed E-state index contributed by atoms with van der Waals surface area (Å²) in [4.78, 5) is 0. The van der Waals surface area contributed by atoms with Gasteiger partial charge in [-0.25, -0.2) is 4.39 Å². The molecule has 1 saturated carbocycles. The zero-order valence-corrected chi connectivity index (χ0v) is 20.2. The number of rotatable bonds is 8. The number of halogens is 1. The molecule has 0 aliphatic heterocycles. The minimum Gasteiger partial charge on any atom is -0.206 e. The Balaban J connectivity index is 1.40. The minimum absolute atomic E-state index is 0.113. The van der Waals surface area contributed by atoms with Crippen molar-refractivity contribution in [1.29, 1.82) is 0 Å². The Hall–Kier alpha value is -2.67. The zero-order chi connectivity index (χ0) is 23.0. The van der Waals surface area contributed by atoms with E-state index in [1.807, 2.05) is 19.1 Å². The molecular formula is C32H37F. The highest BCUT2D eigenvalue weighted by Crippen LogP contribution is 2.33. The molecule has 1 heteroatoms. The summed E-state index contributed by atoms with van der Waals surface area (Å²) in [5, 5.41) is 1.69. The standard InChI is InChI=1S/C32H37F/c1-3-5-6-8-27-17-21-31-29(23-27)20-22-30(32(31)33)28-18-15-26(16-19-28)14-13-25-11-9-24(7-4-2)10-12-25/h3-5,7,15-25H,6,8-14H2,1-2H3/b5-3+,7-4+. The fourth-order valence-electron chi connectivity index (χ4n) is 5.30. The van der Waals surface area contributed by atoms with Crippen LogP contribution in [0.5, 0.6) is 0 Å². The monoisotopic (exact) mass is 440 g/mol. The van der Waals surface area contributed by atoms with Gasteiger partial charge in [0.15, 0.2) is 0 Å². The van der Waals surface area contributed by atoms with Gasteiger partial charge in [-0.3, -0.25) is 0 Å². The highest BCUT2D eigenvalue weighted by molar-refractivity contribution is 5.88. The van der Waals surface area contributed by atoms with Crippen molar-refractivity contribution in [2.75, 3.05) is 0 Å². The summed E-state index contributed by atoms with van der Waals surface area (Å²) in [7, 11) is 0. The Morgan fingerprint density at radius 3 is 2.30 bits per heavy atom. The number of hydrogen-bond donors (Lipinski definition) is 0. The van der Waals surface area contributed by atoms with Crippen molar-refractivity contribution in [3.63, 3.8) is 0 Å². The maximum atomic E-state index is 15.4. The van der Waals surface area contributed by atoms with Gasteiger partial charge in [-0.1, -0.05) is 78.9 Å². The summed E-state index contributed by atoms with van der Waals surface area (Å²) in [5.41, 5.74) is 4.27. The summed E-state index contributed by atoms with van der Waals surface area (Å²) in [6.45, 7) is 4.17. The van der Waals surface area contributed by atoms with E-state index in [1.54, 1.807) is 0 Å². The third-order valence-corrected chi connectivity index (χ3v) is 7.32. The third kappa shape index (κ3) is 6.02. The van der Waals surface area contributed by atoms with E-state index in [0.29, 0.717) is 10.9 Å². The predicted octanol–water partition coefficient (Wildman–Crippen LogP) is 9.47. The van der Waals surface area contributed by atoms with Crippen LogP contribution in [-0.2, 0) is 12.8 Å². The van der Waals surface area contributed by atoms with Crippen LogP contribution in [-0.4, -0.2) is 0 Å². The highest BCUT2D eigenvalue weighted by Gasteiger charge is 2.19. The predicted molar refractivity (Wildman–Crippen MR) is 141 cm³/mol. The molecule has 0 heterocycles. The maximum Gasteiger partial charge on any atom is 0.138 e. The molecule has 1 aliphatic carbocycles. The van der Waals surface area contributed by atoms with Crippen molar-refractivity contribution >= 4 is 10.8 Å². The molecule has 0 radical (unpaired) electrons. The first-order valence-electron chi connectivity index (χ1n) is 12.7. The van der Waals surface area contributed by atoms with Gasteiger partial charge in [0, 0.05) is 10.9 Å². The van der Waals surface area contributed by atoms with Crippen molar-refractivity contribution in [2.24, 2.45) is 11.8 Å². The van der Waals surface area contributed by atoms with Gasteiger partial charge in [0.25, 0.3) is 0 Å². The summed E-state index contributed by atoms with van der Waals surface area (Å²) in [6, 6.07) is 18.7. The highest BCUT2D eigenvalue weighted by atomic mass is 19.1. The molecule has 0 saturated heterocycles. The largest absolute Gasteiger partial charge is 0.206 e. The van der Waals surface area contributed by atoms with Crippen LogP contribution in [0.2, 0.25) is 0 Å². The lowest BCUT2D eigenvalue weighted by Gasteiger charge is -2.26. The summed E-state index contributed by atoms with van der Waals surface area (Å²) in [5.74, 6) is 1.54. The van der Waals surface area contributed by atoms with Gasteiger partial charge in [0.2, 0.25) is 0 Å². The second-order valence-corrected chi connectivity index (χ2v) is 9.63. The summed E-state index contributed by atoms with van der Waals surface area (Å²) in [6.07, 6.45) is 18.6. The number of allylic oxidation sites excluding steroid dienone is 4. The first-order valence-corrected chi connectivity index (χ1v) is 12.7. The Bertz CT molecular complexity index is 1100. The van der Waals surface area contributed by atoms with Crippen molar-refractivity contribution in [2.45, 2.75) is 65.2 Å².